The lowest BCUT2D eigenvalue weighted by Crippen LogP contribution is -2.40. The highest BCUT2D eigenvalue weighted by atomic mass is 16.3. The Morgan fingerprint density at radius 3 is 2.08 bits per heavy atom. The van der Waals surface area contributed by atoms with E-state index in [2.05, 4.69) is 4.90 Å². The Balaban J connectivity index is 1.89. The molecule has 0 spiro atoms. The number of rotatable bonds is 1. The van der Waals surface area contributed by atoms with Crippen LogP contribution in [0.15, 0.2) is 0 Å². The number of aliphatic hydroxyl groups excluding tert-OH is 1. The van der Waals surface area contributed by atoms with Crippen molar-refractivity contribution in [2.45, 2.75) is 57.1 Å². The second-order valence-electron chi connectivity index (χ2n) is 4.52. The number of nitrogens with zero attached hydrogens (tertiary/aromatic N) is 1. The smallest absolute Gasteiger partial charge is 0.0695 e. The fraction of sp³-hybridized carbons (Fsp3) is 1.00. The van der Waals surface area contributed by atoms with Crippen LogP contribution in [0.3, 0.4) is 0 Å². The van der Waals surface area contributed by atoms with Gasteiger partial charge in [-0.15, -0.1) is 0 Å². The fourth-order valence-corrected chi connectivity index (χ4v) is 2.77. The number of likely N-dealkylation sites (tertiary alicyclic amines) is 1. The molecule has 1 aliphatic heterocycles. The van der Waals surface area contributed by atoms with E-state index in [0.717, 1.165) is 6.42 Å². The van der Waals surface area contributed by atoms with Gasteiger partial charge in [0.15, 0.2) is 0 Å². The van der Waals surface area contributed by atoms with Gasteiger partial charge >= 0.3 is 0 Å². The van der Waals surface area contributed by atoms with E-state index in [4.69, 9.17) is 0 Å². The van der Waals surface area contributed by atoms with Crippen LogP contribution in [0.2, 0.25) is 0 Å². The van der Waals surface area contributed by atoms with Crippen molar-refractivity contribution in [1.82, 2.24) is 4.90 Å². The molecule has 0 bridgehead atoms. The van der Waals surface area contributed by atoms with Crippen molar-refractivity contribution >= 4 is 0 Å². The van der Waals surface area contributed by atoms with Crippen LogP contribution in [0.4, 0.5) is 0 Å². The maximum absolute atomic E-state index is 9.79. The molecule has 1 saturated heterocycles. The maximum atomic E-state index is 9.79. The molecule has 0 aromatic rings. The molecule has 76 valence electrons. The van der Waals surface area contributed by atoms with Gasteiger partial charge in [0, 0.05) is 6.04 Å². The lowest BCUT2D eigenvalue weighted by molar-refractivity contribution is 0.0728. The zero-order chi connectivity index (χ0) is 9.10. The summed E-state index contributed by atoms with van der Waals surface area (Å²) in [4.78, 5) is 2.53. The molecule has 2 rings (SSSR count). The molecule has 2 aliphatic rings. The van der Waals surface area contributed by atoms with Gasteiger partial charge < -0.3 is 5.11 Å². The zero-order valence-corrected chi connectivity index (χ0v) is 8.41. The minimum atomic E-state index is -0.0295. The van der Waals surface area contributed by atoms with Crippen LogP contribution >= 0.6 is 0 Å². The van der Waals surface area contributed by atoms with Gasteiger partial charge in [-0.1, -0.05) is 12.8 Å². The summed E-state index contributed by atoms with van der Waals surface area (Å²) in [5.74, 6) is 0. The summed E-state index contributed by atoms with van der Waals surface area (Å²) in [7, 11) is 0. The third-order valence-corrected chi connectivity index (χ3v) is 3.55. The molecule has 13 heavy (non-hydrogen) atoms. The SMILES string of the molecule is O[C@H]1CCC[C@@H]1N1CCCCCC1. The van der Waals surface area contributed by atoms with E-state index in [1.165, 1.54) is 51.6 Å². The van der Waals surface area contributed by atoms with Crippen molar-refractivity contribution in [3.8, 4) is 0 Å². The molecule has 2 heteroatoms. The van der Waals surface area contributed by atoms with Crippen molar-refractivity contribution in [2.75, 3.05) is 13.1 Å². The van der Waals surface area contributed by atoms with Crippen molar-refractivity contribution in [3.63, 3.8) is 0 Å². The van der Waals surface area contributed by atoms with Gasteiger partial charge in [0.1, 0.15) is 0 Å². The first-order chi connectivity index (χ1) is 6.38. The Bertz CT molecular complexity index is 152. The number of aliphatic hydroxyl groups is 1. The van der Waals surface area contributed by atoms with E-state index >= 15 is 0 Å². The van der Waals surface area contributed by atoms with Gasteiger partial charge in [0.25, 0.3) is 0 Å². The molecule has 1 heterocycles. The van der Waals surface area contributed by atoms with E-state index in [0.29, 0.717) is 6.04 Å². The van der Waals surface area contributed by atoms with E-state index in [-0.39, 0.29) is 6.10 Å². The molecule has 2 nitrogen and oxygen atoms in total. The standard InChI is InChI=1S/C11H21NO/c13-11-7-5-6-10(11)12-8-3-1-2-4-9-12/h10-11,13H,1-9H2/t10-,11-/m0/s1. The Morgan fingerprint density at radius 2 is 1.54 bits per heavy atom. The van der Waals surface area contributed by atoms with E-state index in [1.807, 2.05) is 0 Å². The van der Waals surface area contributed by atoms with Crippen molar-refractivity contribution < 1.29 is 5.11 Å². The largest absolute Gasteiger partial charge is 0.391 e. The minimum Gasteiger partial charge on any atom is -0.391 e. The zero-order valence-electron chi connectivity index (χ0n) is 8.41. The Hall–Kier alpha value is -0.0800. The normalized spacial score (nSPS) is 37.6. The van der Waals surface area contributed by atoms with Gasteiger partial charge in [-0.05, 0) is 45.2 Å². The lowest BCUT2D eigenvalue weighted by Gasteiger charge is -2.29. The monoisotopic (exact) mass is 183 g/mol. The molecule has 0 radical (unpaired) electrons. The predicted octanol–water partition coefficient (Wildman–Crippen LogP) is 1.78. The summed E-state index contributed by atoms with van der Waals surface area (Å²) >= 11 is 0. The van der Waals surface area contributed by atoms with Crippen molar-refractivity contribution in [3.05, 3.63) is 0 Å². The first-order valence-electron chi connectivity index (χ1n) is 5.80. The van der Waals surface area contributed by atoms with Gasteiger partial charge in [0.05, 0.1) is 6.10 Å². The molecule has 2 fully saturated rings. The quantitative estimate of drug-likeness (QED) is 0.670. The molecule has 1 N–H and O–H groups in total. The number of hydrogen-bond acceptors (Lipinski definition) is 2. The molecule has 1 saturated carbocycles. The molecule has 0 unspecified atom stereocenters. The number of hydrogen-bond donors (Lipinski definition) is 1. The average molecular weight is 183 g/mol. The molecule has 2 atom stereocenters. The van der Waals surface area contributed by atoms with Crippen LogP contribution in [0.25, 0.3) is 0 Å². The maximum Gasteiger partial charge on any atom is 0.0695 e. The fourth-order valence-electron chi connectivity index (χ4n) is 2.77. The summed E-state index contributed by atoms with van der Waals surface area (Å²) in [5, 5.41) is 9.79. The predicted molar refractivity (Wildman–Crippen MR) is 53.7 cm³/mol. The van der Waals surface area contributed by atoms with Crippen LogP contribution < -0.4 is 0 Å². The Kier molecular flexibility index (Phi) is 3.23. The van der Waals surface area contributed by atoms with Gasteiger partial charge in [-0.2, -0.15) is 0 Å². The highest BCUT2D eigenvalue weighted by Gasteiger charge is 2.30. The Morgan fingerprint density at radius 1 is 0.846 bits per heavy atom. The van der Waals surface area contributed by atoms with Crippen molar-refractivity contribution in [1.29, 1.82) is 0 Å². The molecular weight excluding hydrogens is 162 g/mol. The van der Waals surface area contributed by atoms with Gasteiger partial charge in [-0.3, -0.25) is 4.90 Å². The van der Waals surface area contributed by atoms with Crippen LogP contribution in [-0.4, -0.2) is 35.2 Å². The van der Waals surface area contributed by atoms with E-state index in [9.17, 15) is 5.11 Å². The third kappa shape index (κ3) is 2.23. The Labute approximate surface area is 80.9 Å². The van der Waals surface area contributed by atoms with Crippen LogP contribution in [0, 0.1) is 0 Å². The van der Waals surface area contributed by atoms with Gasteiger partial charge in [0.2, 0.25) is 0 Å². The third-order valence-electron chi connectivity index (χ3n) is 3.55. The lowest BCUT2D eigenvalue weighted by atomic mass is 10.1. The second kappa shape index (κ2) is 4.43. The van der Waals surface area contributed by atoms with Crippen LogP contribution in [0.1, 0.15) is 44.9 Å². The summed E-state index contributed by atoms with van der Waals surface area (Å²) in [6, 6.07) is 0.498. The summed E-state index contributed by atoms with van der Waals surface area (Å²) < 4.78 is 0. The molecule has 0 aromatic carbocycles. The van der Waals surface area contributed by atoms with Crippen LogP contribution in [-0.2, 0) is 0 Å². The molecule has 0 amide bonds. The first-order valence-corrected chi connectivity index (χ1v) is 5.80. The van der Waals surface area contributed by atoms with E-state index in [1.54, 1.807) is 0 Å². The topological polar surface area (TPSA) is 23.5 Å². The molecule has 1 aliphatic carbocycles. The minimum absolute atomic E-state index is 0.0295. The van der Waals surface area contributed by atoms with Crippen molar-refractivity contribution in [2.24, 2.45) is 0 Å². The highest BCUT2D eigenvalue weighted by molar-refractivity contribution is 4.85. The van der Waals surface area contributed by atoms with E-state index < -0.39 is 0 Å². The summed E-state index contributed by atoms with van der Waals surface area (Å²) in [6.45, 7) is 2.45. The summed E-state index contributed by atoms with van der Waals surface area (Å²) in [6.07, 6.45) is 8.90. The van der Waals surface area contributed by atoms with Gasteiger partial charge in [-0.25, -0.2) is 0 Å². The average Bonchev–Trinajstić information content (AvgIpc) is 2.43. The van der Waals surface area contributed by atoms with Crippen LogP contribution in [0.5, 0.6) is 0 Å². The first kappa shape index (κ1) is 9.47. The summed E-state index contributed by atoms with van der Waals surface area (Å²) in [5.41, 5.74) is 0. The highest BCUT2D eigenvalue weighted by Crippen LogP contribution is 2.26. The molecular formula is C11H21NO. The molecule has 0 aromatic heterocycles. The second-order valence-corrected chi connectivity index (χ2v) is 4.52.